The fraction of sp³-hybridized carbons (Fsp3) is 0.286. The van der Waals surface area contributed by atoms with Crippen LogP contribution in [0.2, 0.25) is 0 Å². The Balaban J connectivity index is 1.36. The van der Waals surface area contributed by atoms with E-state index in [0.29, 0.717) is 13.1 Å². The van der Waals surface area contributed by atoms with Gasteiger partial charge >= 0.3 is 0 Å². The lowest BCUT2D eigenvalue weighted by Gasteiger charge is -2.35. The summed E-state index contributed by atoms with van der Waals surface area (Å²) in [5, 5.41) is 0.974. The fourth-order valence-electron chi connectivity index (χ4n) is 3.30. The van der Waals surface area contributed by atoms with Crippen LogP contribution in [0, 0.1) is 0 Å². The highest BCUT2D eigenvalue weighted by Gasteiger charge is 2.22. The van der Waals surface area contributed by atoms with E-state index in [2.05, 4.69) is 20.9 Å². The van der Waals surface area contributed by atoms with Gasteiger partial charge in [0.05, 0.1) is 0 Å². The number of piperazine rings is 1. The minimum absolute atomic E-state index is 0.101. The van der Waals surface area contributed by atoms with Gasteiger partial charge in [-0.1, -0.05) is 30.0 Å². The second kappa shape index (κ2) is 8.48. The average molecular weight is 394 g/mol. The normalized spacial score (nSPS) is 14.3. The Morgan fingerprint density at radius 2 is 1.89 bits per heavy atom. The number of anilines is 1. The maximum Gasteiger partial charge on any atom is 0.253 e. The molecule has 1 aliphatic rings. The summed E-state index contributed by atoms with van der Waals surface area (Å²) in [5.74, 6) is 1.87. The van der Waals surface area contributed by atoms with Crippen molar-refractivity contribution in [1.29, 1.82) is 0 Å². The molecule has 0 spiro atoms. The molecule has 4 rings (SSSR count). The van der Waals surface area contributed by atoms with Gasteiger partial charge in [0.25, 0.3) is 5.91 Å². The van der Waals surface area contributed by atoms with Crippen LogP contribution in [0.5, 0.6) is 0 Å². The monoisotopic (exact) mass is 393 g/mol. The van der Waals surface area contributed by atoms with Gasteiger partial charge in [-0.05, 0) is 29.8 Å². The second-order valence-electron chi connectivity index (χ2n) is 6.78. The topological polar surface area (TPSA) is 54.3 Å². The van der Waals surface area contributed by atoms with E-state index < -0.39 is 0 Å². The van der Waals surface area contributed by atoms with Gasteiger partial charge in [0.2, 0.25) is 0 Å². The Bertz CT molecular complexity index is 935. The van der Waals surface area contributed by atoms with Crippen molar-refractivity contribution in [1.82, 2.24) is 19.4 Å². The van der Waals surface area contributed by atoms with E-state index in [9.17, 15) is 4.79 Å². The van der Waals surface area contributed by atoms with Crippen molar-refractivity contribution in [2.24, 2.45) is 7.05 Å². The highest BCUT2D eigenvalue weighted by atomic mass is 32.2. The summed E-state index contributed by atoms with van der Waals surface area (Å²) >= 11 is 1.67. The predicted molar refractivity (Wildman–Crippen MR) is 112 cm³/mol. The molecule has 0 N–H and O–H groups in total. The lowest BCUT2D eigenvalue weighted by Crippen LogP contribution is -2.49. The zero-order chi connectivity index (χ0) is 19.3. The molecule has 6 nitrogen and oxygen atoms in total. The van der Waals surface area contributed by atoms with Crippen LogP contribution in [0.25, 0.3) is 0 Å². The van der Waals surface area contributed by atoms with Crippen LogP contribution in [0.3, 0.4) is 0 Å². The summed E-state index contributed by atoms with van der Waals surface area (Å²) < 4.78 is 2.00. The van der Waals surface area contributed by atoms with E-state index in [0.717, 1.165) is 40.9 Å². The van der Waals surface area contributed by atoms with Crippen molar-refractivity contribution in [3.63, 3.8) is 0 Å². The number of aromatic nitrogens is 3. The number of pyridine rings is 1. The number of thioether (sulfide) groups is 1. The van der Waals surface area contributed by atoms with E-state index in [-0.39, 0.29) is 5.91 Å². The minimum atomic E-state index is 0.101. The van der Waals surface area contributed by atoms with E-state index >= 15 is 0 Å². The molecular formula is C21H23N5OS. The molecule has 0 unspecified atom stereocenters. The summed E-state index contributed by atoms with van der Waals surface area (Å²) in [4.78, 5) is 25.8. The molecule has 7 heteroatoms. The molecule has 3 aromatic rings. The van der Waals surface area contributed by atoms with Crippen LogP contribution in [-0.2, 0) is 12.8 Å². The average Bonchev–Trinajstić information content (AvgIpc) is 3.17. The van der Waals surface area contributed by atoms with E-state index in [1.54, 1.807) is 24.2 Å². The maximum absolute atomic E-state index is 13.0. The fourth-order valence-corrected chi connectivity index (χ4v) is 4.17. The first-order chi connectivity index (χ1) is 13.7. The molecule has 1 aromatic carbocycles. The van der Waals surface area contributed by atoms with Gasteiger partial charge in [-0.15, -0.1) is 0 Å². The number of amides is 1. The Kier molecular flexibility index (Phi) is 5.62. The summed E-state index contributed by atoms with van der Waals surface area (Å²) in [6, 6.07) is 13.9. The Labute approximate surface area is 169 Å². The molecule has 144 valence electrons. The highest BCUT2D eigenvalue weighted by Crippen LogP contribution is 2.22. The van der Waals surface area contributed by atoms with Crippen molar-refractivity contribution in [3.8, 4) is 0 Å². The zero-order valence-electron chi connectivity index (χ0n) is 15.9. The molecule has 28 heavy (non-hydrogen) atoms. The number of aryl methyl sites for hydroxylation is 1. The standard InChI is InChI=1S/C21H23N5OS/c1-24-10-9-23-21(24)28-16-17-5-4-6-18(15-17)20(27)26-13-11-25(12-14-26)19-7-2-3-8-22-19/h2-10,15H,11-14,16H2,1H3. The van der Waals surface area contributed by atoms with Crippen molar-refractivity contribution >= 4 is 23.5 Å². The molecule has 0 saturated carbocycles. The minimum Gasteiger partial charge on any atom is -0.353 e. The lowest BCUT2D eigenvalue weighted by atomic mass is 10.1. The van der Waals surface area contributed by atoms with Crippen LogP contribution in [0.4, 0.5) is 5.82 Å². The van der Waals surface area contributed by atoms with Crippen molar-refractivity contribution in [2.75, 3.05) is 31.1 Å². The second-order valence-corrected chi connectivity index (χ2v) is 7.72. The van der Waals surface area contributed by atoms with Crippen LogP contribution in [0.1, 0.15) is 15.9 Å². The molecule has 3 heterocycles. The Morgan fingerprint density at radius 1 is 1.04 bits per heavy atom. The van der Waals surface area contributed by atoms with E-state index in [4.69, 9.17) is 0 Å². The maximum atomic E-state index is 13.0. The zero-order valence-corrected chi connectivity index (χ0v) is 16.7. The van der Waals surface area contributed by atoms with Gasteiger partial charge in [0, 0.05) is 63.1 Å². The predicted octanol–water partition coefficient (Wildman–Crippen LogP) is 3.07. The smallest absolute Gasteiger partial charge is 0.253 e. The van der Waals surface area contributed by atoms with Crippen molar-refractivity contribution < 1.29 is 4.79 Å². The van der Waals surface area contributed by atoms with Gasteiger partial charge in [0.15, 0.2) is 5.16 Å². The van der Waals surface area contributed by atoms with Crippen LogP contribution < -0.4 is 4.90 Å². The van der Waals surface area contributed by atoms with Crippen molar-refractivity contribution in [3.05, 3.63) is 72.2 Å². The van der Waals surface area contributed by atoms with Crippen LogP contribution in [-0.4, -0.2) is 51.5 Å². The first-order valence-corrected chi connectivity index (χ1v) is 10.3. The number of carbonyl (C=O) groups is 1. The van der Waals surface area contributed by atoms with Gasteiger partial charge in [-0.2, -0.15) is 0 Å². The van der Waals surface area contributed by atoms with Gasteiger partial charge < -0.3 is 14.4 Å². The summed E-state index contributed by atoms with van der Waals surface area (Å²) in [5.41, 5.74) is 1.88. The number of benzene rings is 1. The molecular weight excluding hydrogens is 370 g/mol. The largest absolute Gasteiger partial charge is 0.353 e. The third kappa shape index (κ3) is 4.20. The third-order valence-electron chi connectivity index (χ3n) is 4.86. The molecule has 0 radical (unpaired) electrons. The van der Waals surface area contributed by atoms with Gasteiger partial charge in [-0.3, -0.25) is 4.79 Å². The molecule has 1 fully saturated rings. The number of carbonyl (C=O) groups excluding carboxylic acids is 1. The summed E-state index contributed by atoms with van der Waals surface area (Å²) in [6.45, 7) is 3.03. The van der Waals surface area contributed by atoms with Gasteiger partial charge in [-0.25, -0.2) is 9.97 Å². The first-order valence-electron chi connectivity index (χ1n) is 9.35. The van der Waals surface area contributed by atoms with Crippen molar-refractivity contribution in [2.45, 2.75) is 10.9 Å². The molecule has 0 atom stereocenters. The highest BCUT2D eigenvalue weighted by molar-refractivity contribution is 7.98. The summed E-state index contributed by atoms with van der Waals surface area (Å²) in [6.07, 6.45) is 5.54. The molecule has 2 aromatic heterocycles. The molecule has 1 saturated heterocycles. The number of rotatable bonds is 5. The number of hydrogen-bond donors (Lipinski definition) is 0. The van der Waals surface area contributed by atoms with E-state index in [1.807, 2.05) is 59.1 Å². The molecule has 1 aliphatic heterocycles. The molecule has 0 aliphatic carbocycles. The number of nitrogens with zero attached hydrogens (tertiary/aromatic N) is 5. The van der Waals surface area contributed by atoms with Crippen LogP contribution >= 0.6 is 11.8 Å². The molecule has 1 amide bonds. The lowest BCUT2D eigenvalue weighted by molar-refractivity contribution is 0.0746. The first kappa shape index (κ1) is 18.6. The quantitative estimate of drug-likeness (QED) is 0.624. The summed E-state index contributed by atoms with van der Waals surface area (Å²) in [7, 11) is 1.99. The third-order valence-corrected chi connectivity index (χ3v) is 5.99. The number of hydrogen-bond acceptors (Lipinski definition) is 5. The number of imidazole rings is 1. The Hall–Kier alpha value is -2.80. The van der Waals surface area contributed by atoms with E-state index in [1.165, 1.54) is 0 Å². The SMILES string of the molecule is Cn1ccnc1SCc1cccc(C(=O)N2CCN(c3ccccn3)CC2)c1. The van der Waals surface area contributed by atoms with Crippen LogP contribution in [0.15, 0.2) is 66.2 Å². The molecule has 0 bridgehead atoms. The van der Waals surface area contributed by atoms with Gasteiger partial charge in [0.1, 0.15) is 5.82 Å². The Morgan fingerprint density at radius 3 is 2.61 bits per heavy atom.